The first-order valence-corrected chi connectivity index (χ1v) is 9.34. The Hall–Kier alpha value is -3.19. The number of ether oxygens (including phenoxy) is 1. The molecule has 29 heavy (non-hydrogen) atoms. The first kappa shape index (κ1) is 20.5. The summed E-state index contributed by atoms with van der Waals surface area (Å²) in [6, 6.07) is 11.3. The summed E-state index contributed by atoms with van der Waals surface area (Å²) in [7, 11) is 1.51. The highest BCUT2D eigenvalue weighted by atomic mass is 35.5. The largest absolute Gasteiger partial charge is 0.497 e. The van der Waals surface area contributed by atoms with Crippen molar-refractivity contribution in [1.29, 1.82) is 0 Å². The summed E-state index contributed by atoms with van der Waals surface area (Å²) in [4.78, 5) is 50.9. The molecule has 1 saturated heterocycles. The molecular weight excluding hydrogens is 396 g/mol. The van der Waals surface area contributed by atoms with E-state index in [-0.39, 0.29) is 18.4 Å². The number of rotatable bonds is 6. The van der Waals surface area contributed by atoms with Crippen LogP contribution in [0.4, 0.5) is 0 Å². The molecule has 2 aromatic carbocycles. The van der Waals surface area contributed by atoms with Gasteiger partial charge in [-0.2, -0.15) is 5.01 Å². The normalized spacial score (nSPS) is 14.7. The number of halogens is 1. The summed E-state index contributed by atoms with van der Waals surface area (Å²) in [5, 5.41) is 2.15. The monoisotopic (exact) mass is 414 g/mol. The van der Waals surface area contributed by atoms with Gasteiger partial charge in [0.05, 0.1) is 7.11 Å². The predicted octanol–water partition coefficient (Wildman–Crippen LogP) is 3.13. The van der Waals surface area contributed by atoms with Gasteiger partial charge in [0.1, 0.15) is 11.8 Å². The van der Waals surface area contributed by atoms with Crippen molar-refractivity contribution in [2.24, 2.45) is 0 Å². The summed E-state index contributed by atoms with van der Waals surface area (Å²) >= 11 is 5.88. The molecule has 7 nitrogen and oxygen atoms in total. The molecule has 1 atom stereocenters. The molecule has 0 spiro atoms. The minimum Gasteiger partial charge on any atom is -0.497 e. The number of nitrogens with zero attached hydrogens (tertiary/aromatic N) is 2. The molecule has 0 bridgehead atoms. The summed E-state index contributed by atoms with van der Waals surface area (Å²) in [6.07, 6.45) is -0.0145. The lowest BCUT2D eigenvalue weighted by Gasteiger charge is -2.34. The maximum Gasteiger partial charge on any atom is 0.273 e. The van der Waals surface area contributed by atoms with Gasteiger partial charge in [0, 0.05) is 29.0 Å². The van der Waals surface area contributed by atoms with Crippen LogP contribution in [0.3, 0.4) is 0 Å². The van der Waals surface area contributed by atoms with Crippen molar-refractivity contribution < 1.29 is 23.9 Å². The van der Waals surface area contributed by atoms with Crippen molar-refractivity contribution >= 4 is 35.1 Å². The number of carbonyl (C=O) groups excluding carboxylic acids is 4. The highest BCUT2D eigenvalue weighted by Crippen LogP contribution is 2.23. The van der Waals surface area contributed by atoms with E-state index in [1.165, 1.54) is 38.3 Å². The molecule has 2 aromatic rings. The SMILES string of the molecule is COc1ccc(C(=O)[C@@H](C)N(C(=O)c2ccc(Cl)cc2)N2C(=O)CCC2=O)cc1. The van der Waals surface area contributed by atoms with Gasteiger partial charge in [-0.15, -0.1) is 0 Å². The van der Waals surface area contributed by atoms with Gasteiger partial charge in [-0.3, -0.25) is 19.2 Å². The molecule has 3 amide bonds. The summed E-state index contributed by atoms with van der Waals surface area (Å²) in [5.74, 6) is -1.52. The molecule has 0 unspecified atom stereocenters. The number of carbonyl (C=O) groups is 4. The Morgan fingerprint density at radius 3 is 2.00 bits per heavy atom. The maximum absolute atomic E-state index is 13.2. The van der Waals surface area contributed by atoms with Crippen LogP contribution in [-0.2, 0) is 9.59 Å². The standard InChI is InChI=1S/C21H19ClN2O5/c1-13(20(27)14-5-9-17(29-2)10-6-14)23(24-18(25)11-12-19(24)26)21(28)15-3-7-16(22)8-4-15/h3-10,13H,11-12H2,1-2H3/t13-/m1/s1. The van der Waals surface area contributed by atoms with Gasteiger partial charge in [-0.05, 0) is 55.5 Å². The number of imide groups is 1. The molecule has 0 aromatic heterocycles. The second kappa shape index (κ2) is 8.45. The fourth-order valence-electron chi connectivity index (χ4n) is 3.08. The van der Waals surface area contributed by atoms with Gasteiger partial charge < -0.3 is 4.74 Å². The second-order valence-corrected chi connectivity index (χ2v) is 6.96. The number of hydrogen-bond donors (Lipinski definition) is 0. The van der Waals surface area contributed by atoms with Crippen molar-refractivity contribution in [3.63, 3.8) is 0 Å². The van der Waals surface area contributed by atoms with E-state index in [0.29, 0.717) is 16.3 Å². The maximum atomic E-state index is 13.2. The Morgan fingerprint density at radius 2 is 1.48 bits per heavy atom. The highest BCUT2D eigenvalue weighted by molar-refractivity contribution is 6.30. The van der Waals surface area contributed by atoms with E-state index < -0.39 is 29.5 Å². The smallest absolute Gasteiger partial charge is 0.273 e. The first-order valence-electron chi connectivity index (χ1n) is 8.96. The van der Waals surface area contributed by atoms with Crippen LogP contribution in [-0.4, -0.2) is 46.7 Å². The van der Waals surface area contributed by atoms with Gasteiger partial charge in [-0.25, -0.2) is 5.01 Å². The third-order valence-electron chi connectivity index (χ3n) is 4.66. The van der Waals surface area contributed by atoms with E-state index in [4.69, 9.17) is 16.3 Å². The molecule has 1 fully saturated rings. The average molecular weight is 415 g/mol. The lowest BCUT2D eigenvalue weighted by molar-refractivity contribution is -0.154. The molecule has 8 heteroatoms. The van der Waals surface area contributed by atoms with Crippen molar-refractivity contribution in [2.75, 3.05) is 7.11 Å². The van der Waals surface area contributed by atoms with Gasteiger partial charge in [0.25, 0.3) is 5.91 Å². The van der Waals surface area contributed by atoms with Gasteiger partial charge in [0.2, 0.25) is 11.8 Å². The van der Waals surface area contributed by atoms with Crippen LogP contribution >= 0.6 is 11.6 Å². The molecule has 0 N–H and O–H groups in total. The van der Waals surface area contributed by atoms with Crippen molar-refractivity contribution in [3.8, 4) is 5.75 Å². The third kappa shape index (κ3) is 4.14. The van der Waals surface area contributed by atoms with E-state index in [2.05, 4.69) is 0 Å². The molecule has 3 rings (SSSR count). The Kier molecular flexibility index (Phi) is 5.98. The van der Waals surface area contributed by atoms with Crippen LogP contribution in [0.25, 0.3) is 0 Å². The number of benzene rings is 2. The van der Waals surface area contributed by atoms with Crippen molar-refractivity contribution in [1.82, 2.24) is 10.0 Å². The Morgan fingerprint density at radius 1 is 0.966 bits per heavy atom. The predicted molar refractivity (Wildman–Crippen MR) is 105 cm³/mol. The number of Topliss-reactive ketones (excluding diaryl/α,β-unsaturated/α-hetero) is 1. The van der Waals surface area contributed by atoms with Gasteiger partial charge in [0.15, 0.2) is 5.78 Å². The van der Waals surface area contributed by atoms with Gasteiger partial charge >= 0.3 is 0 Å². The Bertz CT molecular complexity index is 940. The van der Waals surface area contributed by atoms with E-state index in [0.717, 1.165) is 10.0 Å². The zero-order valence-corrected chi connectivity index (χ0v) is 16.7. The first-order chi connectivity index (χ1) is 13.8. The van der Waals surface area contributed by atoms with E-state index in [1.807, 2.05) is 0 Å². The number of amides is 3. The van der Waals surface area contributed by atoms with Crippen molar-refractivity contribution in [2.45, 2.75) is 25.8 Å². The lowest BCUT2D eigenvalue weighted by atomic mass is 10.0. The summed E-state index contributed by atoms with van der Waals surface area (Å²) in [5.41, 5.74) is 0.530. The summed E-state index contributed by atoms with van der Waals surface area (Å²) in [6.45, 7) is 1.49. The molecule has 1 heterocycles. The van der Waals surface area contributed by atoms with Crippen LogP contribution in [0.1, 0.15) is 40.5 Å². The fourth-order valence-corrected chi connectivity index (χ4v) is 3.20. The molecular formula is C21H19ClN2O5. The second-order valence-electron chi connectivity index (χ2n) is 6.52. The average Bonchev–Trinajstić information content (AvgIpc) is 3.06. The van der Waals surface area contributed by atoms with E-state index >= 15 is 0 Å². The number of hydrogen-bond acceptors (Lipinski definition) is 5. The quantitative estimate of drug-likeness (QED) is 0.535. The Balaban J connectivity index is 1.98. The van der Waals surface area contributed by atoms with E-state index in [9.17, 15) is 19.2 Å². The zero-order valence-electron chi connectivity index (χ0n) is 15.9. The molecule has 0 saturated carbocycles. The zero-order chi connectivity index (χ0) is 21.1. The lowest BCUT2D eigenvalue weighted by Crippen LogP contribution is -2.55. The highest BCUT2D eigenvalue weighted by Gasteiger charge is 2.41. The van der Waals surface area contributed by atoms with Crippen LogP contribution < -0.4 is 4.74 Å². The Labute approximate surface area is 172 Å². The van der Waals surface area contributed by atoms with Crippen LogP contribution in [0.2, 0.25) is 5.02 Å². The minimum atomic E-state index is -1.09. The van der Waals surface area contributed by atoms with E-state index in [1.54, 1.807) is 24.3 Å². The third-order valence-corrected chi connectivity index (χ3v) is 4.91. The fraction of sp³-hybridized carbons (Fsp3) is 0.238. The number of hydrazine groups is 1. The molecule has 1 aliphatic heterocycles. The van der Waals surface area contributed by atoms with Crippen LogP contribution in [0.15, 0.2) is 48.5 Å². The van der Waals surface area contributed by atoms with Crippen molar-refractivity contribution in [3.05, 3.63) is 64.7 Å². The molecule has 0 aliphatic carbocycles. The molecule has 0 radical (unpaired) electrons. The number of methoxy groups -OCH3 is 1. The topological polar surface area (TPSA) is 84.0 Å². The molecule has 150 valence electrons. The summed E-state index contributed by atoms with van der Waals surface area (Å²) < 4.78 is 5.09. The van der Waals surface area contributed by atoms with Crippen LogP contribution in [0, 0.1) is 0 Å². The van der Waals surface area contributed by atoms with Crippen LogP contribution in [0.5, 0.6) is 5.75 Å². The number of ketones is 1. The van der Waals surface area contributed by atoms with Gasteiger partial charge in [-0.1, -0.05) is 11.6 Å². The minimum absolute atomic E-state index is 0.00726. The molecule has 1 aliphatic rings.